The molecule has 4 bridgehead atoms. The monoisotopic (exact) mass is 703 g/mol. The Balaban J connectivity index is 1.60. The minimum atomic E-state index is -3.58. The van der Waals surface area contributed by atoms with Crippen molar-refractivity contribution in [2.24, 2.45) is 5.92 Å². The van der Waals surface area contributed by atoms with Crippen LogP contribution in [0, 0.1) is 5.92 Å². The van der Waals surface area contributed by atoms with E-state index in [9.17, 15) is 27.6 Å². The van der Waals surface area contributed by atoms with Crippen LogP contribution in [0.25, 0.3) is 0 Å². The van der Waals surface area contributed by atoms with Crippen LogP contribution in [0.5, 0.6) is 0 Å². The quantitative estimate of drug-likeness (QED) is 0.290. The van der Waals surface area contributed by atoms with Crippen molar-refractivity contribution in [2.45, 2.75) is 58.0 Å². The molecule has 47 heavy (non-hydrogen) atoms. The maximum absolute atomic E-state index is 13.5. The van der Waals surface area contributed by atoms with E-state index < -0.39 is 40.5 Å². The Morgan fingerprint density at radius 3 is 2.26 bits per heavy atom. The first kappa shape index (κ1) is 36.1. The van der Waals surface area contributed by atoms with Crippen LogP contribution in [-0.2, 0) is 26.0 Å². The Morgan fingerprint density at radius 1 is 0.957 bits per heavy atom. The highest BCUT2D eigenvalue weighted by Gasteiger charge is 2.26. The van der Waals surface area contributed by atoms with E-state index >= 15 is 0 Å². The summed E-state index contributed by atoms with van der Waals surface area (Å²) in [5.74, 6) is -1.20. The summed E-state index contributed by atoms with van der Waals surface area (Å²) in [4.78, 5) is 63.1. The number of nitrogens with zero attached hydrogens (tertiary/aromatic N) is 3. The second-order valence-corrected chi connectivity index (χ2v) is 15.4. The molecule has 0 aliphatic carbocycles. The first-order chi connectivity index (χ1) is 22.4. The van der Waals surface area contributed by atoms with Gasteiger partial charge < -0.3 is 20.9 Å². The number of aromatic nitrogens is 2. The minimum absolute atomic E-state index is 0.125. The van der Waals surface area contributed by atoms with Crippen LogP contribution >= 0.6 is 22.7 Å². The Kier molecular flexibility index (Phi) is 13.0. The summed E-state index contributed by atoms with van der Waals surface area (Å²) in [6.45, 7) is 4.38. The maximum Gasteiger partial charge on any atom is 0.271 e. The molecule has 16 heteroatoms. The van der Waals surface area contributed by atoms with Crippen molar-refractivity contribution in [3.63, 3.8) is 0 Å². The third-order valence-electron chi connectivity index (χ3n) is 7.30. The van der Waals surface area contributed by atoms with Crippen LogP contribution in [0.4, 0.5) is 0 Å². The van der Waals surface area contributed by atoms with E-state index in [0.29, 0.717) is 35.7 Å². The molecular formula is C31H41N7O6S3. The molecule has 1 aromatic carbocycles. The van der Waals surface area contributed by atoms with Gasteiger partial charge in [-0.15, -0.1) is 22.7 Å². The molecule has 13 nitrogen and oxygen atoms in total. The van der Waals surface area contributed by atoms with Crippen LogP contribution in [0.1, 0.15) is 88.2 Å². The normalized spacial score (nSPS) is 19.0. The van der Waals surface area contributed by atoms with Crippen molar-refractivity contribution in [1.82, 2.24) is 35.5 Å². The summed E-state index contributed by atoms with van der Waals surface area (Å²) in [7, 11) is -3.58. The summed E-state index contributed by atoms with van der Waals surface area (Å²) in [6, 6.07) is 8.73. The van der Waals surface area contributed by atoms with E-state index in [-0.39, 0.29) is 55.2 Å². The highest BCUT2D eigenvalue weighted by atomic mass is 32.2. The number of sulfonamides is 1. The van der Waals surface area contributed by atoms with Crippen molar-refractivity contribution in [2.75, 3.05) is 32.4 Å². The van der Waals surface area contributed by atoms with E-state index in [1.54, 1.807) is 10.8 Å². The molecule has 1 aliphatic rings. The number of nitrogens with one attached hydrogen (secondary N) is 4. The summed E-state index contributed by atoms with van der Waals surface area (Å²) >= 11 is 2.57. The van der Waals surface area contributed by atoms with Gasteiger partial charge in [-0.2, -0.15) is 0 Å². The molecule has 4 amide bonds. The zero-order valence-corrected chi connectivity index (χ0v) is 29.1. The van der Waals surface area contributed by atoms with Gasteiger partial charge in [0.05, 0.1) is 24.9 Å². The van der Waals surface area contributed by atoms with Gasteiger partial charge in [0.1, 0.15) is 21.4 Å². The summed E-state index contributed by atoms with van der Waals surface area (Å²) in [5.41, 5.74) is 1.42. The second-order valence-electron chi connectivity index (χ2n) is 11.8. The Hall–Kier alpha value is -3.73. The lowest BCUT2D eigenvalue weighted by molar-refractivity contribution is -0.130. The summed E-state index contributed by atoms with van der Waals surface area (Å²) < 4.78 is 25.4. The number of benzene rings is 1. The fraction of sp³-hybridized carbons (Fsp3) is 0.484. The van der Waals surface area contributed by atoms with Crippen LogP contribution in [-0.4, -0.2) is 79.3 Å². The molecule has 4 N–H and O–H groups in total. The molecule has 1 aliphatic heterocycles. The molecule has 0 unspecified atom stereocenters. The largest absolute Gasteiger partial charge is 0.351 e. The molecule has 3 heterocycles. The fourth-order valence-electron chi connectivity index (χ4n) is 5.00. The van der Waals surface area contributed by atoms with Gasteiger partial charge in [0.25, 0.3) is 11.8 Å². The van der Waals surface area contributed by atoms with Crippen molar-refractivity contribution in [3.05, 3.63) is 68.1 Å². The van der Waals surface area contributed by atoms with Gasteiger partial charge in [0, 0.05) is 36.8 Å². The zero-order chi connectivity index (χ0) is 34.0. The highest BCUT2D eigenvalue weighted by molar-refractivity contribution is 7.88. The molecule has 2 atom stereocenters. The summed E-state index contributed by atoms with van der Waals surface area (Å²) in [6.07, 6.45) is 2.90. The van der Waals surface area contributed by atoms with E-state index in [1.807, 2.05) is 44.2 Å². The third kappa shape index (κ3) is 11.5. The molecule has 0 spiro atoms. The third-order valence-corrected chi connectivity index (χ3v) is 9.88. The average molecular weight is 704 g/mol. The lowest BCUT2D eigenvalue weighted by Gasteiger charge is -2.23. The fourth-order valence-corrected chi connectivity index (χ4v) is 7.10. The van der Waals surface area contributed by atoms with Crippen LogP contribution in [0.3, 0.4) is 0 Å². The van der Waals surface area contributed by atoms with Gasteiger partial charge in [-0.3, -0.25) is 19.2 Å². The van der Waals surface area contributed by atoms with E-state index in [1.165, 1.54) is 27.6 Å². The number of thiazole rings is 2. The van der Waals surface area contributed by atoms with Gasteiger partial charge in [0.15, 0.2) is 0 Å². The molecule has 0 saturated carbocycles. The number of hydrogen-bond donors (Lipinski definition) is 4. The highest BCUT2D eigenvalue weighted by Crippen LogP contribution is 2.27. The number of amides is 4. The van der Waals surface area contributed by atoms with Crippen molar-refractivity contribution in [1.29, 1.82) is 0 Å². The molecule has 2 aromatic heterocycles. The second kappa shape index (κ2) is 16.9. The smallest absolute Gasteiger partial charge is 0.271 e. The number of hydrogen-bond acceptors (Lipinski definition) is 10. The predicted molar refractivity (Wildman–Crippen MR) is 181 cm³/mol. The van der Waals surface area contributed by atoms with Crippen LogP contribution < -0.4 is 20.7 Å². The topological polar surface area (TPSA) is 180 Å². The average Bonchev–Trinajstić information content (AvgIpc) is 3.71. The molecular weight excluding hydrogens is 663 g/mol. The van der Waals surface area contributed by atoms with Crippen LogP contribution in [0.15, 0.2) is 41.1 Å². The predicted octanol–water partition coefficient (Wildman–Crippen LogP) is 2.81. The van der Waals surface area contributed by atoms with Crippen molar-refractivity contribution < 1.29 is 27.6 Å². The lowest BCUT2D eigenvalue weighted by Crippen LogP contribution is -2.42. The first-order valence-electron chi connectivity index (χ1n) is 15.4. The molecule has 0 radical (unpaired) electrons. The number of carbonyl (C=O) groups is 4. The van der Waals surface area contributed by atoms with Gasteiger partial charge in [0.2, 0.25) is 21.8 Å². The zero-order valence-electron chi connectivity index (χ0n) is 26.7. The number of fused-ring (bicyclic) bond motifs is 4. The van der Waals surface area contributed by atoms with Gasteiger partial charge in [-0.05, 0) is 37.2 Å². The maximum atomic E-state index is 13.5. The molecule has 0 saturated heterocycles. The van der Waals surface area contributed by atoms with E-state index in [0.717, 1.165) is 11.8 Å². The molecule has 254 valence electrons. The van der Waals surface area contributed by atoms with Crippen molar-refractivity contribution >= 4 is 56.3 Å². The van der Waals surface area contributed by atoms with E-state index in [4.69, 9.17) is 0 Å². The summed E-state index contributed by atoms with van der Waals surface area (Å²) in [5, 5.41) is 13.4. The van der Waals surface area contributed by atoms with Gasteiger partial charge >= 0.3 is 0 Å². The van der Waals surface area contributed by atoms with Crippen molar-refractivity contribution in [3.8, 4) is 0 Å². The number of carbonyl (C=O) groups excluding carboxylic acids is 4. The standard InChI is InChI=1S/C31H41N7O6S3/c1-20(2)15-22-30-37-25(19-46-30)29(42)35-23(16-21-9-5-4-6-10-21)31-36-24(18-45-31)28(41)32-12-8-14-38(13-7-11-26(39)34-22)27(40)17-33-47(3,43)44/h4-6,9-10,18-20,22-23,33H,7-8,11-17H2,1-3H3,(H,32,41)(H,34,39)(H,35,42)/t22-,23-/m0/s1. The Labute approximate surface area is 283 Å². The van der Waals surface area contributed by atoms with E-state index in [2.05, 4.69) is 30.6 Å². The number of rotatable bonds is 7. The lowest BCUT2D eigenvalue weighted by atomic mass is 10.0. The Morgan fingerprint density at radius 2 is 1.60 bits per heavy atom. The van der Waals surface area contributed by atoms with Crippen LogP contribution in [0.2, 0.25) is 0 Å². The molecule has 0 fully saturated rings. The minimum Gasteiger partial charge on any atom is -0.351 e. The SMILES string of the molecule is CC(C)C[C@@H]1NC(=O)CCCN(C(=O)CNS(C)(=O)=O)CCCNC(=O)c2csc(n2)[C@H](Cc2ccccc2)NC(=O)c2csc1n2. The molecule has 3 aromatic rings. The first-order valence-corrected chi connectivity index (χ1v) is 19.1. The van der Waals surface area contributed by atoms with Gasteiger partial charge in [-0.1, -0.05) is 44.2 Å². The van der Waals surface area contributed by atoms with Gasteiger partial charge in [-0.25, -0.2) is 23.1 Å². The molecule has 4 rings (SSSR count). The Bertz CT molecular complexity index is 1640.